The van der Waals surface area contributed by atoms with Gasteiger partial charge in [0.25, 0.3) is 5.56 Å². The SMILES string of the molecule is COC(=O)c1ccc2c(=O)n(CC3CCCO3)c(SCC(=O)Nc3cc(C)no3)nc2c1. The lowest BCUT2D eigenvalue weighted by atomic mass is 10.1. The van der Waals surface area contributed by atoms with Crippen LogP contribution >= 0.6 is 11.8 Å². The van der Waals surface area contributed by atoms with Crippen LogP contribution in [0, 0.1) is 6.92 Å². The first-order chi connectivity index (χ1) is 15.4. The molecule has 1 amide bonds. The Morgan fingerprint density at radius 2 is 2.19 bits per heavy atom. The van der Waals surface area contributed by atoms with E-state index < -0.39 is 5.97 Å². The van der Waals surface area contributed by atoms with Gasteiger partial charge in [-0.15, -0.1) is 0 Å². The average Bonchev–Trinajstić information content (AvgIpc) is 3.45. The van der Waals surface area contributed by atoms with Gasteiger partial charge in [0.15, 0.2) is 5.16 Å². The second-order valence-electron chi connectivity index (χ2n) is 7.34. The third-order valence-corrected chi connectivity index (χ3v) is 5.95. The summed E-state index contributed by atoms with van der Waals surface area (Å²) < 4.78 is 17.0. The Morgan fingerprint density at radius 3 is 2.88 bits per heavy atom. The number of aryl methyl sites for hydroxylation is 1. The summed E-state index contributed by atoms with van der Waals surface area (Å²) in [7, 11) is 1.29. The molecule has 3 aromatic rings. The fraction of sp³-hybridized carbons (Fsp3) is 0.381. The molecule has 1 fully saturated rings. The summed E-state index contributed by atoms with van der Waals surface area (Å²) >= 11 is 1.12. The van der Waals surface area contributed by atoms with Gasteiger partial charge in [-0.1, -0.05) is 16.9 Å². The van der Waals surface area contributed by atoms with Crippen molar-refractivity contribution >= 4 is 40.4 Å². The standard InChI is InChI=1S/C21H22N4O6S/c1-12-8-18(31-24-12)23-17(26)11-32-21-22-16-9-13(20(28)29-2)5-6-15(16)19(27)25(21)10-14-4-3-7-30-14/h5-6,8-9,14H,3-4,7,10-11H2,1-2H3,(H,23,26). The van der Waals surface area contributed by atoms with Gasteiger partial charge in [0.05, 0.1) is 47.7 Å². The topological polar surface area (TPSA) is 126 Å². The number of carbonyl (C=O) groups is 2. The van der Waals surface area contributed by atoms with Crippen molar-refractivity contribution in [1.29, 1.82) is 0 Å². The molecular formula is C21H22N4O6S. The third kappa shape index (κ3) is 4.83. The van der Waals surface area contributed by atoms with Gasteiger partial charge in [-0.3, -0.25) is 19.5 Å². The van der Waals surface area contributed by atoms with Gasteiger partial charge in [0.1, 0.15) is 0 Å². The molecule has 3 heterocycles. The van der Waals surface area contributed by atoms with Gasteiger partial charge in [0.2, 0.25) is 11.8 Å². The van der Waals surface area contributed by atoms with E-state index >= 15 is 0 Å². The Bertz CT molecular complexity index is 1210. The number of carbonyl (C=O) groups excluding carboxylic acids is 2. The van der Waals surface area contributed by atoms with Crippen LogP contribution in [0.25, 0.3) is 10.9 Å². The summed E-state index contributed by atoms with van der Waals surface area (Å²) in [5.74, 6) is -0.598. The fourth-order valence-electron chi connectivity index (χ4n) is 3.43. The minimum atomic E-state index is -0.520. The van der Waals surface area contributed by atoms with E-state index in [2.05, 4.69) is 15.5 Å². The Labute approximate surface area is 187 Å². The molecule has 0 aliphatic carbocycles. The number of methoxy groups -OCH3 is 1. The first-order valence-electron chi connectivity index (χ1n) is 10.0. The Hall–Kier alpha value is -3.18. The van der Waals surface area contributed by atoms with Gasteiger partial charge in [0, 0.05) is 12.7 Å². The predicted molar refractivity (Wildman–Crippen MR) is 117 cm³/mol. The van der Waals surface area contributed by atoms with Crippen LogP contribution in [0.1, 0.15) is 28.9 Å². The monoisotopic (exact) mass is 458 g/mol. The van der Waals surface area contributed by atoms with E-state index in [0.29, 0.717) is 34.9 Å². The zero-order valence-electron chi connectivity index (χ0n) is 17.6. The molecule has 11 heteroatoms. The first kappa shape index (κ1) is 22.0. The van der Waals surface area contributed by atoms with Crippen LogP contribution in [-0.2, 0) is 20.8 Å². The molecule has 32 heavy (non-hydrogen) atoms. The number of anilines is 1. The van der Waals surface area contributed by atoms with Crippen LogP contribution in [-0.4, -0.2) is 52.2 Å². The number of esters is 1. The highest BCUT2D eigenvalue weighted by Crippen LogP contribution is 2.22. The molecule has 4 rings (SSSR count). The number of hydrogen-bond acceptors (Lipinski definition) is 9. The Balaban J connectivity index is 1.64. The number of amides is 1. The van der Waals surface area contributed by atoms with Gasteiger partial charge in [-0.25, -0.2) is 9.78 Å². The molecule has 1 saturated heterocycles. The van der Waals surface area contributed by atoms with E-state index in [0.717, 1.165) is 24.6 Å². The molecule has 1 atom stereocenters. The minimum absolute atomic E-state index is 0.0000888. The highest BCUT2D eigenvalue weighted by molar-refractivity contribution is 7.99. The van der Waals surface area contributed by atoms with Crippen molar-refractivity contribution in [1.82, 2.24) is 14.7 Å². The number of rotatable bonds is 7. The van der Waals surface area contributed by atoms with Crippen molar-refractivity contribution in [2.45, 2.75) is 37.6 Å². The molecule has 1 unspecified atom stereocenters. The van der Waals surface area contributed by atoms with Crippen LogP contribution in [0.2, 0.25) is 0 Å². The summed E-state index contributed by atoms with van der Waals surface area (Å²) in [5, 5.41) is 7.09. The smallest absolute Gasteiger partial charge is 0.337 e. The van der Waals surface area contributed by atoms with Gasteiger partial charge in [-0.2, -0.15) is 0 Å². The molecule has 1 N–H and O–H groups in total. The summed E-state index contributed by atoms with van der Waals surface area (Å²) in [6.45, 7) is 2.75. The predicted octanol–water partition coefficient (Wildman–Crippen LogP) is 2.39. The Morgan fingerprint density at radius 1 is 1.34 bits per heavy atom. The lowest BCUT2D eigenvalue weighted by molar-refractivity contribution is -0.113. The largest absolute Gasteiger partial charge is 0.465 e. The molecule has 1 aliphatic rings. The number of benzene rings is 1. The zero-order valence-corrected chi connectivity index (χ0v) is 18.4. The second kappa shape index (κ2) is 9.53. The second-order valence-corrected chi connectivity index (χ2v) is 8.28. The fourth-order valence-corrected chi connectivity index (χ4v) is 4.24. The summed E-state index contributed by atoms with van der Waals surface area (Å²) in [6.07, 6.45) is 1.69. The number of fused-ring (bicyclic) bond motifs is 1. The summed E-state index contributed by atoms with van der Waals surface area (Å²) in [6, 6.07) is 6.22. The summed E-state index contributed by atoms with van der Waals surface area (Å²) in [4.78, 5) is 42.1. The van der Waals surface area contributed by atoms with Crippen molar-refractivity contribution in [2.75, 3.05) is 24.8 Å². The van der Waals surface area contributed by atoms with E-state index in [9.17, 15) is 14.4 Å². The zero-order chi connectivity index (χ0) is 22.7. The van der Waals surface area contributed by atoms with Crippen molar-refractivity contribution in [3.05, 3.63) is 45.9 Å². The third-order valence-electron chi connectivity index (χ3n) is 4.97. The number of thioether (sulfide) groups is 1. The maximum Gasteiger partial charge on any atom is 0.337 e. The molecule has 0 bridgehead atoms. The molecule has 2 aromatic heterocycles. The van der Waals surface area contributed by atoms with Gasteiger partial charge < -0.3 is 14.0 Å². The van der Waals surface area contributed by atoms with Gasteiger partial charge >= 0.3 is 5.97 Å². The van der Waals surface area contributed by atoms with Crippen LogP contribution in [0.3, 0.4) is 0 Å². The number of hydrogen-bond donors (Lipinski definition) is 1. The van der Waals surface area contributed by atoms with Gasteiger partial charge in [-0.05, 0) is 38.0 Å². The Kier molecular flexibility index (Phi) is 6.56. The lowest BCUT2D eigenvalue weighted by Crippen LogP contribution is -2.29. The number of aromatic nitrogens is 3. The van der Waals surface area contributed by atoms with Crippen LogP contribution in [0.5, 0.6) is 0 Å². The van der Waals surface area contributed by atoms with E-state index in [1.54, 1.807) is 19.1 Å². The van der Waals surface area contributed by atoms with Crippen LogP contribution in [0.4, 0.5) is 5.88 Å². The van der Waals surface area contributed by atoms with E-state index in [1.807, 2.05) is 0 Å². The van der Waals surface area contributed by atoms with Crippen LogP contribution < -0.4 is 10.9 Å². The van der Waals surface area contributed by atoms with Crippen molar-refractivity contribution in [2.24, 2.45) is 0 Å². The maximum absolute atomic E-state index is 13.2. The molecule has 1 aromatic carbocycles. The van der Waals surface area contributed by atoms with E-state index in [-0.39, 0.29) is 34.8 Å². The van der Waals surface area contributed by atoms with E-state index in [4.69, 9.17) is 14.0 Å². The molecule has 0 radical (unpaired) electrons. The van der Waals surface area contributed by atoms with Crippen molar-refractivity contribution < 1.29 is 23.6 Å². The molecule has 10 nitrogen and oxygen atoms in total. The number of nitrogens with one attached hydrogen (secondary N) is 1. The first-order valence-corrected chi connectivity index (χ1v) is 11.0. The van der Waals surface area contributed by atoms with Crippen LogP contribution in [0.15, 0.2) is 38.7 Å². The summed E-state index contributed by atoms with van der Waals surface area (Å²) in [5.41, 5.74) is 1.04. The molecule has 0 saturated carbocycles. The average molecular weight is 458 g/mol. The van der Waals surface area contributed by atoms with Crippen molar-refractivity contribution in [3.63, 3.8) is 0 Å². The minimum Gasteiger partial charge on any atom is -0.465 e. The maximum atomic E-state index is 13.2. The number of nitrogens with zero attached hydrogens (tertiary/aromatic N) is 3. The molecule has 1 aliphatic heterocycles. The highest BCUT2D eigenvalue weighted by atomic mass is 32.2. The lowest BCUT2D eigenvalue weighted by Gasteiger charge is -2.16. The molecular weight excluding hydrogens is 436 g/mol. The van der Waals surface area contributed by atoms with E-state index in [1.165, 1.54) is 23.8 Å². The van der Waals surface area contributed by atoms with Crippen molar-refractivity contribution in [3.8, 4) is 0 Å². The normalized spacial score (nSPS) is 15.8. The molecule has 0 spiro atoms. The number of ether oxygens (including phenoxy) is 2. The quantitative estimate of drug-likeness (QED) is 0.323. The highest BCUT2D eigenvalue weighted by Gasteiger charge is 2.21. The molecule has 168 valence electrons.